The second kappa shape index (κ2) is 9.72. The molecule has 0 spiro atoms. The minimum absolute atomic E-state index is 0.792. The number of thioether (sulfide) groups is 1. The molecule has 0 radical (unpaired) electrons. The van der Waals surface area contributed by atoms with Gasteiger partial charge in [-0.25, -0.2) is 4.98 Å². The number of pyridine rings is 1. The molecule has 144 valence electrons. The van der Waals surface area contributed by atoms with Gasteiger partial charge < -0.3 is 19.5 Å². The molecule has 3 rings (SSSR count). The molecule has 0 saturated heterocycles. The van der Waals surface area contributed by atoms with Gasteiger partial charge >= 0.3 is 0 Å². The zero-order valence-corrected chi connectivity index (χ0v) is 17.4. The largest absolute Gasteiger partial charge is 0.464 e. The molecule has 0 amide bonds. The molecule has 0 atom stereocenters. The fraction of sp³-hybridized carbons (Fsp3) is 0.389. The number of hydrogen-bond donors (Lipinski definition) is 1. The third-order valence-electron chi connectivity index (χ3n) is 3.75. The molecule has 0 aliphatic rings. The molecule has 7 nitrogen and oxygen atoms in total. The van der Waals surface area contributed by atoms with E-state index in [0.717, 1.165) is 53.6 Å². The first kappa shape index (κ1) is 19.7. The fourth-order valence-electron chi connectivity index (χ4n) is 2.49. The Labute approximate surface area is 168 Å². The summed E-state index contributed by atoms with van der Waals surface area (Å²) in [5.74, 6) is 6.27. The summed E-state index contributed by atoms with van der Waals surface area (Å²) in [5.41, 5.74) is 0. The minimum Gasteiger partial charge on any atom is -0.464 e. The van der Waals surface area contributed by atoms with Gasteiger partial charge in [0.2, 0.25) is 0 Å². The van der Waals surface area contributed by atoms with E-state index in [1.165, 1.54) is 11.7 Å². The number of nitrogens with zero attached hydrogens (tertiary/aromatic N) is 5. The normalized spacial score (nSPS) is 11.1. The van der Waals surface area contributed by atoms with Gasteiger partial charge in [-0.15, -0.1) is 0 Å². The van der Waals surface area contributed by atoms with Gasteiger partial charge in [0.15, 0.2) is 11.6 Å². The first-order chi connectivity index (χ1) is 13.1. The zero-order valence-electron chi connectivity index (χ0n) is 15.8. The number of nitrogens with one attached hydrogen (secondary N) is 1. The van der Waals surface area contributed by atoms with Crippen molar-refractivity contribution in [1.82, 2.24) is 18.6 Å². The highest BCUT2D eigenvalue weighted by Gasteiger charge is 2.14. The Morgan fingerprint density at radius 2 is 1.96 bits per heavy atom. The number of hydrogen-bond acceptors (Lipinski definition) is 9. The molecule has 0 saturated carbocycles. The van der Waals surface area contributed by atoms with Crippen LogP contribution >= 0.6 is 23.5 Å². The summed E-state index contributed by atoms with van der Waals surface area (Å²) in [5, 5.41) is 3.37. The SMILES string of the molecule is CN(C)Cc1ccc(CSCCNc2nsnc2N(C)c2ccccn2)o1. The molecule has 3 heterocycles. The molecule has 0 aromatic carbocycles. The summed E-state index contributed by atoms with van der Waals surface area (Å²) in [7, 11) is 6.02. The molecule has 3 aromatic heterocycles. The topological polar surface area (TPSA) is 70.3 Å². The second-order valence-corrected chi connectivity index (χ2v) is 7.90. The quantitative estimate of drug-likeness (QED) is 0.513. The van der Waals surface area contributed by atoms with Gasteiger partial charge in [0, 0.05) is 25.5 Å². The maximum atomic E-state index is 5.83. The molecule has 3 aromatic rings. The molecule has 27 heavy (non-hydrogen) atoms. The van der Waals surface area contributed by atoms with Crippen LogP contribution in [-0.4, -0.2) is 52.1 Å². The highest BCUT2D eigenvalue weighted by atomic mass is 32.2. The van der Waals surface area contributed by atoms with E-state index < -0.39 is 0 Å². The van der Waals surface area contributed by atoms with Crippen molar-refractivity contribution in [3.8, 4) is 0 Å². The average Bonchev–Trinajstić information content (AvgIpc) is 3.30. The van der Waals surface area contributed by atoms with E-state index in [0.29, 0.717) is 0 Å². The molecule has 0 fully saturated rings. The van der Waals surface area contributed by atoms with Crippen LogP contribution in [0.2, 0.25) is 0 Å². The predicted octanol–water partition coefficient (Wildman–Crippen LogP) is 3.70. The van der Waals surface area contributed by atoms with Crippen molar-refractivity contribution in [2.24, 2.45) is 0 Å². The van der Waals surface area contributed by atoms with E-state index in [1.54, 1.807) is 6.20 Å². The summed E-state index contributed by atoms with van der Waals surface area (Å²) in [6.07, 6.45) is 1.77. The Kier molecular flexibility index (Phi) is 7.08. The van der Waals surface area contributed by atoms with Gasteiger partial charge in [0.05, 0.1) is 24.0 Å². The van der Waals surface area contributed by atoms with Crippen LogP contribution in [0.15, 0.2) is 40.9 Å². The third kappa shape index (κ3) is 5.69. The van der Waals surface area contributed by atoms with E-state index in [4.69, 9.17) is 4.42 Å². The first-order valence-corrected chi connectivity index (χ1v) is 10.5. The number of anilines is 3. The fourth-order valence-corrected chi connectivity index (χ4v) is 3.79. The lowest BCUT2D eigenvalue weighted by Crippen LogP contribution is -2.14. The highest BCUT2D eigenvalue weighted by molar-refractivity contribution is 7.98. The van der Waals surface area contributed by atoms with Gasteiger partial charge in [0.25, 0.3) is 0 Å². The smallest absolute Gasteiger partial charge is 0.192 e. The Morgan fingerprint density at radius 3 is 2.74 bits per heavy atom. The van der Waals surface area contributed by atoms with Crippen molar-refractivity contribution < 1.29 is 4.42 Å². The lowest BCUT2D eigenvalue weighted by Gasteiger charge is -2.16. The van der Waals surface area contributed by atoms with Gasteiger partial charge in [0.1, 0.15) is 17.3 Å². The molecule has 0 aliphatic carbocycles. The maximum absolute atomic E-state index is 5.83. The molecule has 0 unspecified atom stereocenters. The van der Waals surface area contributed by atoms with Crippen LogP contribution in [0.4, 0.5) is 17.5 Å². The van der Waals surface area contributed by atoms with Gasteiger partial charge in [-0.2, -0.15) is 20.5 Å². The zero-order chi connectivity index (χ0) is 19.1. The van der Waals surface area contributed by atoms with Crippen LogP contribution < -0.4 is 10.2 Å². The Hall–Kier alpha value is -2.10. The van der Waals surface area contributed by atoms with E-state index in [1.807, 2.05) is 56.0 Å². The lowest BCUT2D eigenvalue weighted by atomic mass is 10.4. The van der Waals surface area contributed by atoms with Crippen molar-refractivity contribution in [2.75, 3.05) is 43.7 Å². The standard InChI is InChI=1S/C18H24N6OS2/c1-23(2)12-14-7-8-15(25-14)13-26-11-10-20-17-18(22-27-21-17)24(3)16-6-4-5-9-19-16/h4-9H,10-13H2,1-3H3,(H,20,21). The van der Waals surface area contributed by atoms with E-state index in [2.05, 4.69) is 36.1 Å². The van der Waals surface area contributed by atoms with Crippen molar-refractivity contribution in [2.45, 2.75) is 12.3 Å². The average molecular weight is 405 g/mol. The van der Waals surface area contributed by atoms with Crippen LogP contribution in [0, 0.1) is 0 Å². The summed E-state index contributed by atoms with van der Waals surface area (Å²) >= 11 is 3.03. The number of furan rings is 1. The minimum atomic E-state index is 0.792. The van der Waals surface area contributed by atoms with Crippen LogP contribution in [0.25, 0.3) is 0 Å². The molecule has 1 N–H and O–H groups in total. The van der Waals surface area contributed by atoms with Crippen molar-refractivity contribution in [3.63, 3.8) is 0 Å². The van der Waals surface area contributed by atoms with E-state index >= 15 is 0 Å². The predicted molar refractivity (Wildman–Crippen MR) is 113 cm³/mol. The van der Waals surface area contributed by atoms with Crippen molar-refractivity contribution in [3.05, 3.63) is 48.0 Å². The van der Waals surface area contributed by atoms with Gasteiger partial charge in [-0.05, 0) is 38.4 Å². The monoisotopic (exact) mass is 404 g/mol. The molecule has 0 bridgehead atoms. The Morgan fingerprint density at radius 1 is 1.11 bits per heavy atom. The van der Waals surface area contributed by atoms with E-state index in [9.17, 15) is 0 Å². The molecular formula is C18H24N6OS2. The second-order valence-electron chi connectivity index (χ2n) is 6.27. The first-order valence-electron chi connectivity index (χ1n) is 8.64. The van der Waals surface area contributed by atoms with Crippen molar-refractivity contribution >= 4 is 40.9 Å². The summed E-state index contributed by atoms with van der Waals surface area (Å²) in [6, 6.07) is 9.92. The lowest BCUT2D eigenvalue weighted by molar-refractivity contribution is 0.344. The van der Waals surface area contributed by atoms with Gasteiger partial charge in [-0.1, -0.05) is 6.07 Å². The maximum Gasteiger partial charge on any atom is 0.192 e. The van der Waals surface area contributed by atoms with Crippen LogP contribution in [0.1, 0.15) is 11.5 Å². The molecular weight excluding hydrogens is 380 g/mol. The number of rotatable bonds is 10. The molecule has 0 aliphatic heterocycles. The van der Waals surface area contributed by atoms with Crippen molar-refractivity contribution in [1.29, 1.82) is 0 Å². The van der Waals surface area contributed by atoms with E-state index in [-0.39, 0.29) is 0 Å². The van der Waals surface area contributed by atoms with Crippen LogP contribution in [-0.2, 0) is 12.3 Å². The summed E-state index contributed by atoms with van der Waals surface area (Å²) in [4.78, 5) is 8.39. The van der Waals surface area contributed by atoms with Gasteiger partial charge in [-0.3, -0.25) is 0 Å². The highest BCUT2D eigenvalue weighted by Crippen LogP contribution is 2.27. The molecule has 9 heteroatoms. The Bertz CT molecular complexity index is 820. The van der Waals surface area contributed by atoms with Crippen LogP contribution in [0.3, 0.4) is 0 Å². The van der Waals surface area contributed by atoms with Crippen LogP contribution in [0.5, 0.6) is 0 Å². The third-order valence-corrected chi connectivity index (χ3v) is 5.25. The summed E-state index contributed by atoms with van der Waals surface area (Å²) in [6.45, 7) is 1.64. The summed E-state index contributed by atoms with van der Waals surface area (Å²) < 4.78 is 14.6. The Balaban J connectivity index is 1.44. The number of aromatic nitrogens is 3.